The number of piperazine rings is 1. The number of rotatable bonds is 6. The van der Waals surface area contributed by atoms with E-state index in [0.29, 0.717) is 24.2 Å². The Balaban J connectivity index is 1.46. The SMILES string of the molecule is COc1cc([C@H]2CC[C@@H](N3CCN(CCS(C)(=O)=O)CC3)CC2)ccc1N. The Morgan fingerprint density at radius 1 is 1.11 bits per heavy atom. The Labute approximate surface area is 163 Å². The predicted octanol–water partition coefficient (Wildman–Crippen LogP) is 1.97. The monoisotopic (exact) mass is 395 g/mol. The molecule has 1 heterocycles. The van der Waals surface area contributed by atoms with Crippen LogP contribution >= 0.6 is 0 Å². The third kappa shape index (κ3) is 5.59. The van der Waals surface area contributed by atoms with Crippen LogP contribution in [0.2, 0.25) is 0 Å². The second-order valence-corrected chi connectivity index (χ2v) is 10.3. The molecule has 1 aromatic rings. The van der Waals surface area contributed by atoms with Gasteiger partial charge in [0.2, 0.25) is 0 Å². The molecule has 1 aliphatic heterocycles. The topological polar surface area (TPSA) is 75.9 Å². The fourth-order valence-electron chi connectivity index (χ4n) is 4.40. The highest BCUT2D eigenvalue weighted by atomic mass is 32.2. The maximum Gasteiger partial charge on any atom is 0.148 e. The van der Waals surface area contributed by atoms with Crippen LogP contribution in [0.4, 0.5) is 5.69 Å². The molecule has 0 amide bonds. The Hall–Kier alpha value is -1.31. The van der Waals surface area contributed by atoms with Crippen LogP contribution in [-0.2, 0) is 9.84 Å². The molecule has 0 spiro atoms. The summed E-state index contributed by atoms with van der Waals surface area (Å²) >= 11 is 0. The Morgan fingerprint density at radius 3 is 2.37 bits per heavy atom. The summed E-state index contributed by atoms with van der Waals surface area (Å²) < 4.78 is 28.0. The van der Waals surface area contributed by atoms with Crippen molar-refractivity contribution in [2.75, 3.05) is 57.6 Å². The van der Waals surface area contributed by atoms with Gasteiger partial charge in [-0.1, -0.05) is 6.07 Å². The fraction of sp³-hybridized carbons (Fsp3) is 0.700. The van der Waals surface area contributed by atoms with E-state index in [1.54, 1.807) is 7.11 Å². The van der Waals surface area contributed by atoms with Crippen LogP contribution in [0.25, 0.3) is 0 Å². The molecule has 1 saturated heterocycles. The zero-order valence-corrected chi connectivity index (χ0v) is 17.4. The third-order valence-electron chi connectivity index (χ3n) is 6.13. The molecule has 1 aliphatic carbocycles. The summed E-state index contributed by atoms with van der Waals surface area (Å²) in [4.78, 5) is 4.89. The molecule has 1 saturated carbocycles. The number of methoxy groups -OCH3 is 1. The molecule has 2 fully saturated rings. The van der Waals surface area contributed by atoms with E-state index in [0.717, 1.165) is 31.9 Å². The molecule has 0 bridgehead atoms. The van der Waals surface area contributed by atoms with Crippen LogP contribution in [-0.4, -0.2) is 76.1 Å². The van der Waals surface area contributed by atoms with Crippen LogP contribution < -0.4 is 10.5 Å². The molecule has 1 aromatic carbocycles. The number of hydrogen-bond acceptors (Lipinski definition) is 6. The van der Waals surface area contributed by atoms with Crippen molar-refractivity contribution in [3.05, 3.63) is 23.8 Å². The minimum Gasteiger partial charge on any atom is -0.495 e. The molecule has 0 unspecified atom stereocenters. The summed E-state index contributed by atoms with van der Waals surface area (Å²) in [6.07, 6.45) is 6.16. The zero-order chi connectivity index (χ0) is 19.4. The molecule has 0 atom stereocenters. The van der Waals surface area contributed by atoms with Crippen LogP contribution in [0.5, 0.6) is 5.75 Å². The van der Waals surface area contributed by atoms with E-state index < -0.39 is 9.84 Å². The Bertz CT molecular complexity index is 722. The molecule has 6 nitrogen and oxygen atoms in total. The maximum atomic E-state index is 11.3. The van der Waals surface area contributed by atoms with Crippen LogP contribution in [0.3, 0.4) is 0 Å². The van der Waals surface area contributed by atoms with E-state index in [-0.39, 0.29) is 5.75 Å². The van der Waals surface area contributed by atoms with Gasteiger partial charge in [0.05, 0.1) is 18.6 Å². The Morgan fingerprint density at radius 2 is 1.78 bits per heavy atom. The molecule has 152 valence electrons. The number of benzene rings is 1. The smallest absolute Gasteiger partial charge is 0.148 e. The lowest BCUT2D eigenvalue weighted by molar-refractivity contribution is 0.0790. The first-order valence-corrected chi connectivity index (χ1v) is 12.0. The lowest BCUT2D eigenvalue weighted by Gasteiger charge is -2.42. The van der Waals surface area contributed by atoms with Gasteiger partial charge in [0.15, 0.2) is 0 Å². The summed E-state index contributed by atoms with van der Waals surface area (Å²) in [7, 11) is -1.20. The number of anilines is 1. The van der Waals surface area contributed by atoms with Crippen molar-refractivity contribution in [2.24, 2.45) is 0 Å². The van der Waals surface area contributed by atoms with Crippen molar-refractivity contribution >= 4 is 15.5 Å². The number of nitrogens with two attached hydrogens (primary N) is 1. The van der Waals surface area contributed by atoms with Crippen LogP contribution in [0.15, 0.2) is 18.2 Å². The van der Waals surface area contributed by atoms with E-state index in [1.807, 2.05) is 6.07 Å². The Kier molecular flexibility index (Phi) is 6.65. The number of nitrogen functional groups attached to an aromatic ring is 1. The molecular formula is C20H33N3O3S. The first-order valence-electron chi connectivity index (χ1n) is 9.93. The second-order valence-electron chi connectivity index (χ2n) is 8.01. The van der Waals surface area contributed by atoms with E-state index in [9.17, 15) is 8.42 Å². The minimum atomic E-state index is -2.87. The highest BCUT2D eigenvalue weighted by Gasteiger charge is 2.29. The molecular weight excluding hydrogens is 362 g/mol. The molecule has 0 aromatic heterocycles. The summed E-state index contributed by atoms with van der Waals surface area (Å²) in [6.45, 7) is 4.72. The minimum absolute atomic E-state index is 0.267. The van der Waals surface area contributed by atoms with E-state index in [2.05, 4.69) is 21.9 Å². The zero-order valence-electron chi connectivity index (χ0n) is 16.6. The van der Waals surface area contributed by atoms with Crippen molar-refractivity contribution < 1.29 is 13.2 Å². The number of nitrogens with zero attached hydrogens (tertiary/aromatic N) is 2. The molecule has 7 heteroatoms. The van der Waals surface area contributed by atoms with Gasteiger partial charge in [-0.05, 0) is 49.3 Å². The van der Waals surface area contributed by atoms with Gasteiger partial charge in [-0.3, -0.25) is 9.80 Å². The van der Waals surface area contributed by atoms with Crippen molar-refractivity contribution in [1.82, 2.24) is 9.80 Å². The summed E-state index contributed by atoms with van der Waals surface area (Å²) in [5.41, 5.74) is 7.97. The van der Waals surface area contributed by atoms with Gasteiger partial charge in [0, 0.05) is 45.0 Å². The van der Waals surface area contributed by atoms with Crippen molar-refractivity contribution in [1.29, 1.82) is 0 Å². The summed E-state index contributed by atoms with van der Waals surface area (Å²) in [6, 6.07) is 6.86. The van der Waals surface area contributed by atoms with Gasteiger partial charge >= 0.3 is 0 Å². The largest absolute Gasteiger partial charge is 0.495 e. The number of ether oxygens (including phenoxy) is 1. The fourth-order valence-corrected chi connectivity index (χ4v) is 4.99. The van der Waals surface area contributed by atoms with E-state index >= 15 is 0 Å². The van der Waals surface area contributed by atoms with E-state index in [1.165, 1.54) is 37.5 Å². The summed E-state index contributed by atoms with van der Waals surface area (Å²) in [5.74, 6) is 1.63. The van der Waals surface area contributed by atoms with Gasteiger partial charge in [-0.25, -0.2) is 8.42 Å². The standard InChI is InChI=1S/C20H33N3O3S/c1-26-20-15-17(5-8-19(20)21)16-3-6-18(7-4-16)23-11-9-22(10-12-23)13-14-27(2,24)25/h5,8,15-16,18H,3-4,6-7,9-14,21H2,1-2H3/t16-,18+. The number of sulfone groups is 1. The maximum absolute atomic E-state index is 11.3. The normalized spacial score (nSPS) is 25.4. The van der Waals surface area contributed by atoms with Gasteiger partial charge in [-0.2, -0.15) is 0 Å². The highest BCUT2D eigenvalue weighted by Crippen LogP contribution is 2.37. The quantitative estimate of drug-likeness (QED) is 0.742. The van der Waals surface area contributed by atoms with Gasteiger partial charge < -0.3 is 10.5 Å². The molecule has 0 radical (unpaired) electrons. The highest BCUT2D eigenvalue weighted by molar-refractivity contribution is 7.90. The summed E-state index contributed by atoms with van der Waals surface area (Å²) in [5, 5.41) is 0. The first kappa shape index (κ1) is 20.4. The van der Waals surface area contributed by atoms with Crippen molar-refractivity contribution in [2.45, 2.75) is 37.6 Å². The average molecular weight is 396 g/mol. The average Bonchev–Trinajstić information content (AvgIpc) is 2.67. The predicted molar refractivity (Wildman–Crippen MR) is 110 cm³/mol. The van der Waals surface area contributed by atoms with Crippen LogP contribution in [0, 0.1) is 0 Å². The van der Waals surface area contributed by atoms with Gasteiger partial charge in [-0.15, -0.1) is 0 Å². The lowest BCUT2D eigenvalue weighted by atomic mass is 9.81. The van der Waals surface area contributed by atoms with Gasteiger partial charge in [0.1, 0.15) is 15.6 Å². The van der Waals surface area contributed by atoms with Gasteiger partial charge in [0.25, 0.3) is 0 Å². The van der Waals surface area contributed by atoms with E-state index in [4.69, 9.17) is 10.5 Å². The molecule has 3 rings (SSSR count). The third-order valence-corrected chi connectivity index (χ3v) is 7.05. The molecule has 27 heavy (non-hydrogen) atoms. The molecule has 2 aliphatic rings. The second kappa shape index (κ2) is 8.80. The number of hydrogen-bond donors (Lipinski definition) is 1. The van der Waals surface area contributed by atoms with Crippen molar-refractivity contribution in [3.63, 3.8) is 0 Å². The van der Waals surface area contributed by atoms with Crippen LogP contribution in [0.1, 0.15) is 37.2 Å². The lowest BCUT2D eigenvalue weighted by Crippen LogP contribution is -2.51. The van der Waals surface area contributed by atoms with Crippen molar-refractivity contribution in [3.8, 4) is 5.75 Å². The first-order chi connectivity index (χ1) is 12.9. The molecule has 2 N–H and O–H groups in total.